The summed E-state index contributed by atoms with van der Waals surface area (Å²) in [7, 11) is 0. The van der Waals surface area contributed by atoms with Crippen molar-refractivity contribution in [3.63, 3.8) is 0 Å². The molecule has 3 rings (SSSR count). The van der Waals surface area contributed by atoms with Crippen molar-refractivity contribution >= 4 is 11.4 Å². The number of benzene rings is 2. The molecule has 2 aromatic carbocycles. The molecule has 2 aromatic rings. The summed E-state index contributed by atoms with van der Waals surface area (Å²) in [6.07, 6.45) is 33.7. The SMILES string of the molecule is CCCCCCCCCCCCCC=CC1=C(c2cccc(CCCC)c2)[N+](=[N-])C(c2cccc(CCCC)c2)=C1CCCCCC. The number of allylic oxidation sites excluding steroid dienone is 4. The Hall–Kier alpha value is -2.74. The molecule has 0 amide bonds. The summed E-state index contributed by atoms with van der Waals surface area (Å²) in [6.45, 7) is 9.09. The number of aryl methyl sites for hydroxylation is 2. The standard InChI is InChI=1S/C45H68N2/c1-5-9-13-15-16-17-18-19-20-21-22-23-25-35-43-42(34-24-14-10-6-2)44(40-32-26-30-38(36-40)28-11-7-3)47(46)45(43)41-33-27-31-39(37-41)29-12-8-4/h25-27,30-33,35-37H,5-24,28-29,34H2,1-4H3. The highest BCUT2D eigenvalue weighted by atomic mass is 15.2. The maximum absolute atomic E-state index is 12.1. The normalized spacial score (nSPS) is 13.6. The third kappa shape index (κ3) is 13.4. The fraction of sp³-hybridized carbons (Fsp3) is 0.600. The highest BCUT2D eigenvalue weighted by molar-refractivity contribution is 5.84. The zero-order valence-corrected chi connectivity index (χ0v) is 30.9. The molecular weight excluding hydrogens is 569 g/mol. The molecule has 0 spiro atoms. The van der Waals surface area contributed by atoms with Crippen LogP contribution in [-0.2, 0) is 12.8 Å². The third-order valence-electron chi connectivity index (χ3n) is 9.87. The van der Waals surface area contributed by atoms with E-state index in [1.807, 2.05) is 0 Å². The Morgan fingerprint density at radius 2 is 0.979 bits per heavy atom. The lowest BCUT2D eigenvalue weighted by molar-refractivity contribution is -0.345. The maximum atomic E-state index is 12.1. The predicted octanol–water partition coefficient (Wildman–Crippen LogP) is 14.8. The fourth-order valence-corrected chi connectivity index (χ4v) is 7.00. The molecule has 2 heteroatoms. The van der Waals surface area contributed by atoms with Gasteiger partial charge in [0.15, 0.2) is 0 Å². The van der Waals surface area contributed by atoms with Crippen LogP contribution in [-0.4, -0.2) is 4.70 Å². The zero-order chi connectivity index (χ0) is 33.5. The van der Waals surface area contributed by atoms with Crippen LogP contribution in [0.1, 0.15) is 185 Å². The third-order valence-corrected chi connectivity index (χ3v) is 9.87. The van der Waals surface area contributed by atoms with Gasteiger partial charge in [0.1, 0.15) is 0 Å². The van der Waals surface area contributed by atoms with E-state index < -0.39 is 0 Å². The molecule has 2 nitrogen and oxygen atoms in total. The van der Waals surface area contributed by atoms with E-state index >= 15 is 0 Å². The number of rotatable bonds is 26. The minimum absolute atomic E-state index is 0.956. The van der Waals surface area contributed by atoms with E-state index in [9.17, 15) is 5.53 Å². The summed E-state index contributed by atoms with van der Waals surface area (Å²) in [5.41, 5.74) is 21.6. The molecule has 0 saturated carbocycles. The summed E-state index contributed by atoms with van der Waals surface area (Å²) in [5, 5.41) is 0. The summed E-state index contributed by atoms with van der Waals surface area (Å²) < 4.78 is 1.55. The van der Waals surface area contributed by atoms with E-state index in [-0.39, 0.29) is 0 Å². The largest absolute Gasteiger partial charge is 0.493 e. The summed E-state index contributed by atoms with van der Waals surface area (Å²) in [5.74, 6) is 0. The van der Waals surface area contributed by atoms with Gasteiger partial charge in [0.05, 0.1) is 5.57 Å². The van der Waals surface area contributed by atoms with Crippen LogP contribution in [0.25, 0.3) is 16.9 Å². The topological polar surface area (TPSA) is 25.3 Å². The van der Waals surface area contributed by atoms with Crippen molar-refractivity contribution in [2.45, 2.75) is 175 Å². The molecule has 0 atom stereocenters. The van der Waals surface area contributed by atoms with Gasteiger partial charge in [-0.2, -0.15) is 0 Å². The van der Waals surface area contributed by atoms with E-state index in [0.717, 1.165) is 54.6 Å². The van der Waals surface area contributed by atoms with E-state index in [0.29, 0.717) is 0 Å². The molecule has 258 valence electrons. The Labute approximate surface area is 290 Å². The van der Waals surface area contributed by atoms with Crippen LogP contribution in [0.4, 0.5) is 0 Å². The molecule has 1 aliphatic rings. The molecule has 47 heavy (non-hydrogen) atoms. The van der Waals surface area contributed by atoms with Crippen molar-refractivity contribution < 1.29 is 4.70 Å². The molecule has 0 radical (unpaired) electrons. The van der Waals surface area contributed by atoms with Crippen molar-refractivity contribution in [1.29, 1.82) is 0 Å². The average Bonchev–Trinajstić information content (AvgIpc) is 3.37. The Morgan fingerprint density at radius 3 is 1.51 bits per heavy atom. The van der Waals surface area contributed by atoms with Gasteiger partial charge in [0, 0.05) is 16.7 Å². The quantitative estimate of drug-likeness (QED) is 0.0725. The highest BCUT2D eigenvalue weighted by Crippen LogP contribution is 2.43. The summed E-state index contributed by atoms with van der Waals surface area (Å²) >= 11 is 0. The van der Waals surface area contributed by atoms with E-state index in [1.54, 1.807) is 4.70 Å². The van der Waals surface area contributed by atoms with Crippen LogP contribution in [0, 0.1) is 0 Å². The van der Waals surface area contributed by atoms with Gasteiger partial charge in [-0.15, -0.1) is 0 Å². The van der Waals surface area contributed by atoms with Crippen molar-refractivity contribution in [2.24, 2.45) is 0 Å². The first-order valence-corrected chi connectivity index (χ1v) is 20.0. The number of unbranched alkanes of at least 4 members (excludes halogenated alkanes) is 16. The minimum Gasteiger partial charge on any atom is -0.493 e. The van der Waals surface area contributed by atoms with Gasteiger partial charge in [-0.3, -0.25) is 0 Å². The van der Waals surface area contributed by atoms with Gasteiger partial charge in [-0.05, 0) is 86.8 Å². The zero-order valence-electron chi connectivity index (χ0n) is 30.9. The lowest BCUT2D eigenvalue weighted by Gasteiger charge is -2.11. The molecule has 0 bridgehead atoms. The lowest BCUT2D eigenvalue weighted by atomic mass is 9.93. The monoisotopic (exact) mass is 637 g/mol. The van der Waals surface area contributed by atoms with Crippen LogP contribution >= 0.6 is 0 Å². The van der Waals surface area contributed by atoms with Gasteiger partial charge >= 0.3 is 0 Å². The molecule has 1 heterocycles. The van der Waals surface area contributed by atoms with E-state index in [2.05, 4.69) is 88.4 Å². The molecule has 0 unspecified atom stereocenters. The number of hydrogen-bond donors (Lipinski definition) is 0. The van der Waals surface area contributed by atoms with Crippen LogP contribution in [0.3, 0.4) is 0 Å². The lowest BCUT2D eigenvalue weighted by Crippen LogP contribution is -2.03. The van der Waals surface area contributed by atoms with Gasteiger partial charge in [0.25, 0.3) is 0 Å². The number of nitrogens with zero attached hydrogens (tertiary/aromatic N) is 2. The van der Waals surface area contributed by atoms with Gasteiger partial charge < -0.3 is 5.53 Å². The first-order valence-electron chi connectivity index (χ1n) is 20.0. The first-order chi connectivity index (χ1) is 23.1. The average molecular weight is 637 g/mol. The fourth-order valence-electron chi connectivity index (χ4n) is 7.00. The molecule has 0 aromatic heterocycles. The first kappa shape index (κ1) is 38.7. The summed E-state index contributed by atoms with van der Waals surface area (Å²) in [6, 6.07) is 17.9. The van der Waals surface area contributed by atoms with E-state index in [1.165, 1.54) is 138 Å². The van der Waals surface area contributed by atoms with Crippen LogP contribution < -0.4 is 0 Å². The molecule has 0 aliphatic carbocycles. The van der Waals surface area contributed by atoms with Gasteiger partial charge in [-0.25, -0.2) is 4.70 Å². The van der Waals surface area contributed by atoms with Crippen LogP contribution in [0.5, 0.6) is 0 Å². The van der Waals surface area contributed by atoms with Crippen molar-refractivity contribution in [3.05, 3.63) is 99.6 Å². The maximum Gasteiger partial charge on any atom is 0.215 e. The smallest absolute Gasteiger partial charge is 0.215 e. The Kier molecular flexibility index (Phi) is 19.4. The Bertz CT molecular complexity index is 1280. The summed E-state index contributed by atoms with van der Waals surface area (Å²) in [4.78, 5) is 0. The second kappa shape index (κ2) is 23.6. The van der Waals surface area contributed by atoms with Crippen LogP contribution in [0.2, 0.25) is 0 Å². The van der Waals surface area contributed by atoms with Crippen molar-refractivity contribution in [2.75, 3.05) is 0 Å². The number of hydrogen-bond acceptors (Lipinski definition) is 0. The van der Waals surface area contributed by atoms with Gasteiger partial charge in [-0.1, -0.05) is 160 Å². The second-order valence-electron chi connectivity index (χ2n) is 14.0. The van der Waals surface area contributed by atoms with Gasteiger partial charge in [0.2, 0.25) is 11.4 Å². The van der Waals surface area contributed by atoms with Crippen molar-refractivity contribution in [1.82, 2.24) is 0 Å². The molecule has 1 aliphatic heterocycles. The molecular formula is C45H68N2. The predicted molar refractivity (Wildman–Crippen MR) is 207 cm³/mol. The Balaban J connectivity index is 1.84. The minimum atomic E-state index is 0.956. The van der Waals surface area contributed by atoms with Crippen LogP contribution in [0.15, 0.2) is 71.8 Å². The molecule has 0 fully saturated rings. The molecule has 0 saturated heterocycles. The highest BCUT2D eigenvalue weighted by Gasteiger charge is 2.34. The second-order valence-corrected chi connectivity index (χ2v) is 14.0. The van der Waals surface area contributed by atoms with E-state index in [4.69, 9.17) is 0 Å². The molecule has 0 N–H and O–H groups in total. The Morgan fingerprint density at radius 1 is 0.511 bits per heavy atom. The van der Waals surface area contributed by atoms with Crippen molar-refractivity contribution in [3.8, 4) is 0 Å².